The second-order valence-corrected chi connectivity index (χ2v) is 5.24. The van der Waals surface area contributed by atoms with Crippen LogP contribution in [0.25, 0.3) is 0 Å². The highest BCUT2D eigenvalue weighted by Gasteiger charge is 2.42. The molecule has 0 atom stereocenters. The van der Waals surface area contributed by atoms with Crippen molar-refractivity contribution in [3.8, 4) is 0 Å². The minimum atomic E-state index is -1.04. The van der Waals surface area contributed by atoms with Gasteiger partial charge in [-0.2, -0.15) is 0 Å². The van der Waals surface area contributed by atoms with Crippen LogP contribution in [0.1, 0.15) is 27.6 Å². The van der Waals surface area contributed by atoms with Gasteiger partial charge in [0.05, 0.1) is 13.1 Å². The molecule has 7 heteroatoms. The van der Waals surface area contributed by atoms with Gasteiger partial charge in [-0.1, -0.05) is 0 Å². The van der Waals surface area contributed by atoms with E-state index in [-0.39, 0.29) is 12.5 Å². The van der Waals surface area contributed by atoms with E-state index >= 15 is 0 Å². The number of amides is 2. The van der Waals surface area contributed by atoms with Crippen molar-refractivity contribution in [2.75, 3.05) is 19.7 Å². The van der Waals surface area contributed by atoms with Crippen LogP contribution in [-0.4, -0.2) is 53.1 Å². The number of carbonyl (C=O) groups excluding carboxylic acids is 2. The lowest BCUT2D eigenvalue weighted by Gasteiger charge is -2.47. The number of carbonyl (C=O) groups is 3. The van der Waals surface area contributed by atoms with Crippen LogP contribution in [-0.2, 0) is 9.53 Å². The van der Waals surface area contributed by atoms with Crippen LogP contribution in [0.4, 0.5) is 0 Å². The summed E-state index contributed by atoms with van der Waals surface area (Å²) in [7, 11) is 0. The molecule has 3 N–H and O–H groups in total. The fourth-order valence-corrected chi connectivity index (χ4v) is 2.19. The standard InChI is InChI=1S/C14H16N2O5/c1-14(21-6-11(17)18)7-16(8-14)13(20)10-4-2-9(3-5-10)12(15)19/h2-5H,6-8H2,1H3,(H2,15,19)(H,17,18). The van der Waals surface area contributed by atoms with Crippen LogP contribution in [0.5, 0.6) is 0 Å². The molecular formula is C14H16N2O5. The van der Waals surface area contributed by atoms with Gasteiger partial charge in [-0.3, -0.25) is 9.59 Å². The number of benzene rings is 1. The van der Waals surface area contributed by atoms with Crippen molar-refractivity contribution in [2.45, 2.75) is 12.5 Å². The first kappa shape index (κ1) is 15.0. The number of aliphatic carboxylic acids is 1. The van der Waals surface area contributed by atoms with Gasteiger partial charge in [0.15, 0.2) is 0 Å². The smallest absolute Gasteiger partial charge is 0.329 e. The van der Waals surface area contributed by atoms with Crippen LogP contribution in [0.3, 0.4) is 0 Å². The van der Waals surface area contributed by atoms with Crippen LogP contribution in [0.15, 0.2) is 24.3 Å². The van der Waals surface area contributed by atoms with E-state index in [0.717, 1.165) is 0 Å². The molecule has 21 heavy (non-hydrogen) atoms. The van der Waals surface area contributed by atoms with E-state index in [9.17, 15) is 14.4 Å². The van der Waals surface area contributed by atoms with Crippen molar-refractivity contribution < 1.29 is 24.2 Å². The lowest BCUT2D eigenvalue weighted by Crippen LogP contribution is -2.63. The summed E-state index contributed by atoms with van der Waals surface area (Å²) >= 11 is 0. The van der Waals surface area contributed by atoms with Gasteiger partial charge in [0.2, 0.25) is 5.91 Å². The zero-order chi connectivity index (χ0) is 15.6. The summed E-state index contributed by atoms with van der Waals surface area (Å²) < 4.78 is 5.24. The number of carboxylic acids is 1. The number of nitrogens with zero attached hydrogens (tertiary/aromatic N) is 1. The van der Waals surface area contributed by atoms with Gasteiger partial charge >= 0.3 is 5.97 Å². The molecule has 7 nitrogen and oxygen atoms in total. The summed E-state index contributed by atoms with van der Waals surface area (Å²) in [6.07, 6.45) is 0. The molecule has 1 aliphatic heterocycles. The Balaban J connectivity index is 1.94. The largest absolute Gasteiger partial charge is 0.480 e. The summed E-state index contributed by atoms with van der Waals surface area (Å²) in [6, 6.07) is 6.07. The SMILES string of the molecule is CC1(OCC(=O)O)CN(C(=O)c2ccc(C(N)=O)cc2)C1. The van der Waals surface area contributed by atoms with Crippen LogP contribution in [0, 0.1) is 0 Å². The molecule has 1 fully saturated rings. The van der Waals surface area contributed by atoms with Gasteiger partial charge in [-0.15, -0.1) is 0 Å². The molecule has 0 unspecified atom stereocenters. The maximum atomic E-state index is 12.2. The van der Waals surface area contributed by atoms with Crippen molar-refractivity contribution >= 4 is 17.8 Å². The number of hydrogen-bond donors (Lipinski definition) is 2. The van der Waals surface area contributed by atoms with Gasteiger partial charge in [0.25, 0.3) is 5.91 Å². The van der Waals surface area contributed by atoms with Crippen LogP contribution in [0.2, 0.25) is 0 Å². The van der Waals surface area contributed by atoms with Crippen molar-refractivity contribution in [3.05, 3.63) is 35.4 Å². The molecular weight excluding hydrogens is 276 g/mol. The minimum absolute atomic E-state index is 0.192. The zero-order valence-corrected chi connectivity index (χ0v) is 11.5. The highest BCUT2D eigenvalue weighted by Crippen LogP contribution is 2.26. The van der Waals surface area contributed by atoms with Crippen molar-refractivity contribution in [3.63, 3.8) is 0 Å². The molecule has 1 heterocycles. The molecule has 1 saturated heterocycles. The molecule has 112 valence electrons. The molecule has 1 aromatic carbocycles. The topological polar surface area (TPSA) is 110 Å². The van der Waals surface area contributed by atoms with Crippen molar-refractivity contribution in [2.24, 2.45) is 5.73 Å². The average molecular weight is 292 g/mol. The Bertz CT molecular complexity index is 576. The molecule has 0 radical (unpaired) electrons. The van der Waals surface area contributed by atoms with E-state index in [1.807, 2.05) is 0 Å². The second-order valence-electron chi connectivity index (χ2n) is 5.24. The Morgan fingerprint density at radius 2 is 1.76 bits per heavy atom. The van der Waals surface area contributed by atoms with Gasteiger partial charge in [-0.05, 0) is 31.2 Å². The number of hydrogen-bond acceptors (Lipinski definition) is 4. The number of nitrogens with two attached hydrogens (primary N) is 1. The Labute approximate surface area is 121 Å². The molecule has 2 amide bonds. The Morgan fingerprint density at radius 1 is 1.24 bits per heavy atom. The fourth-order valence-electron chi connectivity index (χ4n) is 2.19. The average Bonchev–Trinajstić information content (AvgIpc) is 2.41. The van der Waals surface area contributed by atoms with E-state index in [2.05, 4.69) is 0 Å². The second kappa shape index (κ2) is 5.53. The van der Waals surface area contributed by atoms with E-state index < -0.39 is 17.5 Å². The lowest BCUT2D eigenvalue weighted by molar-refractivity contribution is -0.159. The van der Waals surface area contributed by atoms with E-state index in [1.54, 1.807) is 11.8 Å². The number of rotatable bonds is 5. The molecule has 0 spiro atoms. The molecule has 0 bridgehead atoms. The Morgan fingerprint density at radius 3 is 2.24 bits per heavy atom. The first-order valence-corrected chi connectivity index (χ1v) is 6.36. The van der Waals surface area contributed by atoms with E-state index in [4.69, 9.17) is 15.6 Å². The highest BCUT2D eigenvalue weighted by atomic mass is 16.5. The third-order valence-corrected chi connectivity index (χ3v) is 3.30. The van der Waals surface area contributed by atoms with Gasteiger partial charge < -0.3 is 20.5 Å². The summed E-state index contributed by atoms with van der Waals surface area (Å²) in [5.74, 6) is -1.78. The zero-order valence-electron chi connectivity index (χ0n) is 11.5. The number of primary amides is 1. The predicted octanol–water partition coefficient (Wildman–Crippen LogP) is 0.101. The summed E-state index contributed by atoms with van der Waals surface area (Å²) in [5.41, 5.74) is 5.29. The molecule has 2 rings (SSSR count). The maximum absolute atomic E-state index is 12.2. The third-order valence-electron chi connectivity index (χ3n) is 3.30. The van der Waals surface area contributed by atoms with Gasteiger partial charge in [-0.25, -0.2) is 4.79 Å². The molecule has 0 aliphatic carbocycles. The minimum Gasteiger partial charge on any atom is -0.480 e. The molecule has 1 aromatic rings. The number of carboxylic acid groups (broad SMARTS) is 1. The fraction of sp³-hybridized carbons (Fsp3) is 0.357. The predicted molar refractivity (Wildman–Crippen MR) is 72.9 cm³/mol. The molecule has 0 saturated carbocycles. The highest BCUT2D eigenvalue weighted by molar-refractivity contribution is 5.97. The third kappa shape index (κ3) is 3.38. The summed E-state index contributed by atoms with van der Waals surface area (Å²) in [4.78, 5) is 35.2. The number of likely N-dealkylation sites (tertiary alicyclic amines) is 1. The maximum Gasteiger partial charge on any atom is 0.329 e. The lowest BCUT2D eigenvalue weighted by atomic mass is 9.95. The Kier molecular flexibility index (Phi) is 3.95. The molecule has 0 aromatic heterocycles. The van der Waals surface area contributed by atoms with Crippen molar-refractivity contribution in [1.29, 1.82) is 0 Å². The van der Waals surface area contributed by atoms with E-state index in [0.29, 0.717) is 24.2 Å². The van der Waals surface area contributed by atoms with Gasteiger partial charge in [0, 0.05) is 11.1 Å². The van der Waals surface area contributed by atoms with Gasteiger partial charge in [0.1, 0.15) is 12.2 Å². The normalized spacial score (nSPS) is 16.1. The monoisotopic (exact) mass is 292 g/mol. The van der Waals surface area contributed by atoms with Crippen LogP contribution < -0.4 is 5.73 Å². The summed E-state index contributed by atoms with van der Waals surface area (Å²) in [6.45, 7) is 2.04. The summed E-state index contributed by atoms with van der Waals surface area (Å²) in [5, 5.41) is 8.58. The van der Waals surface area contributed by atoms with Crippen molar-refractivity contribution in [1.82, 2.24) is 4.90 Å². The van der Waals surface area contributed by atoms with Crippen LogP contribution >= 0.6 is 0 Å². The van der Waals surface area contributed by atoms with E-state index in [1.165, 1.54) is 24.3 Å². The number of ether oxygens (including phenoxy) is 1. The first-order chi connectivity index (χ1) is 9.81. The first-order valence-electron chi connectivity index (χ1n) is 6.36. The Hall–Kier alpha value is -2.41. The quantitative estimate of drug-likeness (QED) is 0.800. The molecule has 1 aliphatic rings.